The molecule has 0 radical (unpaired) electrons. The number of nitrogens with one attached hydrogen (secondary N) is 1. The highest BCUT2D eigenvalue weighted by Crippen LogP contribution is 2.32. The molecule has 1 heterocycles. The number of hydrogen-bond acceptors (Lipinski definition) is 6. The fourth-order valence-corrected chi connectivity index (χ4v) is 5.43. The number of carbonyl (C=O) groups is 2. The number of anilines is 3. The summed E-state index contributed by atoms with van der Waals surface area (Å²) < 4.78 is 5.38. The lowest BCUT2D eigenvalue weighted by Gasteiger charge is -2.27. The van der Waals surface area contributed by atoms with Crippen LogP contribution >= 0.6 is 11.8 Å². The van der Waals surface area contributed by atoms with Crippen LogP contribution < -0.4 is 19.9 Å². The highest BCUT2D eigenvalue weighted by atomic mass is 32.2. The zero-order valence-corrected chi connectivity index (χ0v) is 25.4. The lowest BCUT2D eigenvalue weighted by molar-refractivity contribution is -0.114. The van der Waals surface area contributed by atoms with Crippen molar-refractivity contribution in [3.63, 3.8) is 0 Å². The lowest BCUT2D eigenvalue weighted by atomic mass is 10.0. The van der Waals surface area contributed by atoms with E-state index in [1.165, 1.54) is 22.2 Å². The molecule has 41 heavy (non-hydrogen) atoms. The molecule has 8 heteroatoms. The Morgan fingerprint density at radius 3 is 2.37 bits per heavy atom. The number of thioether (sulfide) groups is 1. The molecule has 0 spiro atoms. The van der Waals surface area contributed by atoms with Crippen LogP contribution in [-0.2, 0) is 9.59 Å². The highest BCUT2D eigenvalue weighted by molar-refractivity contribution is 8.14. The van der Waals surface area contributed by atoms with Crippen molar-refractivity contribution in [2.45, 2.75) is 46.6 Å². The first-order valence-electron chi connectivity index (χ1n) is 13.9. The number of ether oxygens (including phenoxy) is 1. The Morgan fingerprint density at radius 1 is 1.05 bits per heavy atom. The van der Waals surface area contributed by atoms with Crippen LogP contribution in [-0.4, -0.2) is 42.4 Å². The molecule has 0 bridgehead atoms. The molecular weight excluding hydrogens is 532 g/mol. The summed E-state index contributed by atoms with van der Waals surface area (Å²) in [4.78, 5) is 35.0. The SMILES string of the molecule is CCN(c1ccc(NC(=O)CSC2=N/C(=C/c3ccc(C(C)C)cc3)C(=O)N2c2cccc(OC)c2)cc1)C(C)C. The molecule has 214 valence electrons. The van der Waals surface area contributed by atoms with Crippen molar-refractivity contribution in [3.8, 4) is 5.75 Å². The summed E-state index contributed by atoms with van der Waals surface area (Å²) in [5.74, 6) is 0.709. The Balaban J connectivity index is 1.52. The van der Waals surface area contributed by atoms with Gasteiger partial charge in [0.2, 0.25) is 5.91 Å². The predicted octanol–water partition coefficient (Wildman–Crippen LogP) is 7.17. The van der Waals surface area contributed by atoms with Crippen molar-refractivity contribution in [2.75, 3.05) is 34.5 Å². The molecule has 4 rings (SSSR count). The van der Waals surface area contributed by atoms with E-state index in [4.69, 9.17) is 4.74 Å². The lowest BCUT2D eigenvalue weighted by Crippen LogP contribution is -2.31. The van der Waals surface area contributed by atoms with Gasteiger partial charge < -0.3 is 15.0 Å². The average molecular weight is 571 g/mol. The molecule has 1 aliphatic rings. The first-order chi connectivity index (χ1) is 19.7. The molecule has 0 saturated heterocycles. The second-order valence-corrected chi connectivity index (χ2v) is 11.3. The number of nitrogens with zero attached hydrogens (tertiary/aromatic N) is 3. The van der Waals surface area contributed by atoms with Crippen LogP contribution in [0.15, 0.2) is 83.5 Å². The molecule has 3 aromatic carbocycles. The Labute approximate surface area is 247 Å². The van der Waals surface area contributed by atoms with Crippen LogP contribution in [0, 0.1) is 0 Å². The second kappa shape index (κ2) is 13.5. The van der Waals surface area contributed by atoms with Crippen LogP contribution in [0.5, 0.6) is 5.75 Å². The molecule has 2 amide bonds. The third-order valence-corrected chi connectivity index (χ3v) is 7.77. The van der Waals surface area contributed by atoms with Crippen LogP contribution in [0.3, 0.4) is 0 Å². The van der Waals surface area contributed by atoms with Crippen molar-refractivity contribution >= 4 is 51.9 Å². The van der Waals surface area contributed by atoms with Gasteiger partial charge in [0.1, 0.15) is 11.4 Å². The molecule has 0 aliphatic carbocycles. The van der Waals surface area contributed by atoms with E-state index in [0.29, 0.717) is 34.3 Å². The molecule has 0 saturated carbocycles. The van der Waals surface area contributed by atoms with E-state index in [0.717, 1.165) is 23.5 Å². The van der Waals surface area contributed by atoms with Gasteiger partial charge in [-0.05, 0) is 80.3 Å². The zero-order chi connectivity index (χ0) is 29.5. The van der Waals surface area contributed by atoms with Crippen LogP contribution in [0.25, 0.3) is 6.08 Å². The smallest absolute Gasteiger partial charge is 0.283 e. The summed E-state index contributed by atoms with van der Waals surface area (Å²) in [6, 6.07) is 23.6. The van der Waals surface area contributed by atoms with Gasteiger partial charge in [0.15, 0.2) is 5.17 Å². The monoisotopic (exact) mass is 570 g/mol. The van der Waals surface area contributed by atoms with E-state index in [-0.39, 0.29) is 17.6 Å². The standard InChI is InChI=1S/C33H38N4O3S/c1-7-36(23(4)5)27-17-15-26(16-18-27)34-31(38)21-41-33-35-30(19-24-11-13-25(14-12-24)22(2)3)32(39)37(33)28-9-8-10-29(20-28)40-6/h8-20,22-23H,7,21H2,1-6H3,(H,34,38)/b30-19+. The summed E-state index contributed by atoms with van der Waals surface area (Å²) in [6.07, 6.45) is 1.78. The fraction of sp³-hybridized carbons (Fsp3) is 0.303. The molecule has 0 unspecified atom stereocenters. The number of benzene rings is 3. The number of hydrogen-bond donors (Lipinski definition) is 1. The summed E-state index contributed by atoms with van der Waals surface area (Å²) >= 11 is 1.22. The molecular formula is C33H38N4O3S. The molecule has 0 fully saturated rings. The largest absolute Gasteiger partial charge is 0.497 e. The Morgan fingerprint density at radius 2 is 1.76 bits per heavy atom. The zero-order valence-electron chi connectivity index (χ0n) is 24.5. The topological polar surface area (TPSA) is 74.2 Å². The summed E-state index contributed by atoms with van der Waals surface area (Å²) in [7, 11) is 1.58. The molecule has 3 aromatic rings. The summed E-state index contributed by atoms with van der Waals surface area (Å²) in [6.45, 7) is 11.6. The van der Waals surface area contributed by atoms with E-state index in [9.17, 15) is 9.59 Å². The van der Waals surface area contributed by atoms with Crippen molar-refractivity contribution in [1.82, 2.24) is 0 Å². The van der Waals surface area contributed by atoms with E-state index in [1.807, 2.05) is 54.6 Å². The quantitative estimate of drug-likeness (QED) is 0.262. The minimum Gasteiger partial charge on any atom is -0.497 e. The van der Waals surface area contributed by atoms with Crippen LogP contribution in [0.4, 0.5) is 17.1 Å². The van der Waals surface area contributed by atoms with E-state index >= 15 is 0 Å². The van der Waals surface area contributed by atoms with Crippen molar-refractivity contribution < 1.29 is 14.3 Å². The van der Waals surface area contributed by atoms with Crippen molar-refractivity contribution in [3.05, 3.63) is 89.6 Å². The van der Waals surface area contributed by atoms with E-state index in [2.05, 4.69) is 62.0 Å². The average Bonchev–Trinajstić information content (AvgIpc) is 3.27. The number of rotatable bonds is 10. The van der Waals surface area contributed by atoms with Gasteiger partial charge in [0.25, 0.3) is 5.91 Å². The second-order valence-electron chi connectivity index (χ2n) is 10.4. The molecule has 7 nitrogen and oxygen atoms in total. The van der Waals surface area contributed by atoms with Crippen molar-refractivity contribution in [2.24, 2.45) is 4.99 Å². The van der Waals surface area contributed by atoms with Gasteiger partial charge in [-0.25, -0.2) is 4.99 Å². The molecule has 0 aromatic heterocycles. The van der Waals surface area contributed by atoms with Crippen LogP contribution in [0.1, 0.15) is 51.7 Å². The van der Waals surface area contributed by atoms with Gasteiger partial charge in [-0.15, -0.1) is 0 Å². The number of aliphatic imine (C=N–C) groups is 1. The molecule has 1 N–H and O–H groups in total. The van der Waals surface area contributed by atoms with Gasteiger partial charge in [0, 0.05) is 30.0 Å². The predicted molar refractivity (Wildman–Crippen MR) is 172 cm³/mol. The first kappa shape index (κ1) is 29.9. The third kappa shape index (κ3) is 7.38. The van der Waals surface area contributed by atoms with Gasteiger partial charge in [-0.3, -0.25) is 14.5 Å². The van der Waals surface area contributed by atoms with Crippen LogP contribution in [0.2, 0.25) is 0 Å². The Kier molecular flexibility index (Phi) is 9.89. The first-order valence-corrected chi connectivity index (χ1v) is 14.9. The fourth-order valence-electron chi connectivity index (χ4n) is 4.61. The number of carbonyl (C=O) groups excluding carboxylic acids is 2. The Hall–Kier alpha value is -4.04. The maximum atomic E-state index is 13.6. The number of methoxy groups -OCH3 is 1. The molecule has 1 aliphatic heterocycles. The van der Waals surface area contributed by atoms with E-state index < -0.39 is 0 Å². The van der Waals surface area contributed by atoms with Gasteiger partial charge in [0.05, 0.1) is 18.6 Å². The number of amides is 2. The van der Waals surface area contributed by atoms with Gasteiger partial charge >= 0.3 is 0 Å². The van der Waals surface area contributed by atoms with Gasteiger partial charge in [-0.1, -0.05) is 55.9 Å². The molecule has 0 atom stereocenters. The Bertz CT molecular complexity index is 1430. The number of amidine groups is 1. The minimum atomic E-state index is -0.254. The highest BCUT2D eigenvalue weighted by Gasteiger charge is 2.32. The van der Waals surface area contributed by atoms with Crippen molar-refractivity contribution in [1.29, 1.82) is 0 Å². The maximum absolute atomic E-state index is 13.6. The normalized spacial score (nSPS) is 14.1. The summed E-state index contributed by atoms with van der Waals surface area (Å²) in [5.41, 5.74) is 4.89. The summed E-state index contributed by atoms with van der Waals surface area (Å²) in [5, 5.41) is 3.40. The van der Waals surface area contributed by atoms with Gasteiger partial charge in [-0.2, -0.15) is 0 Å². The third-order valence-electron chi connectivity index (χ3n) is 6.83. The van der Waals surface area contributed by atoms with E-state index in [1.54, 1.807) is 19.3 Å². The minimum absolute atomic E-state index is 0.0950. The maximum Gasteiger partial charge on any atom is 0.283 e.